The number of rotatable bonds is 6. The summed E-state index contributed by atoms with van der Waals surface area (Å²) >= 11 is 0. The molecule has 1 aromatic rings. The van der Waals surface area contributed by atoms with Crippen LogP contribution >= 0.6 is 0 Å². The van der Waals surface area contributed by atoms with Crippen LogP contribution in [0.5, 0.6) is 5.75 Å². The van der Waals surface area contributed by atoms with E-state index in [0.717, 1.165) is 18.8 Å². The van der Waals surface area contributed by atoms with Gasteiger partial charge < -0.3 is 10.1 Å². The van der Waals surface area contributed by atoms with Gasteiger partial charge in [0.05, 0.1) is 0 Å². The van der Waals surface area contributed by atoms with E-state index < -0.39 is 0 Å². The molecule has 90 valence electrons. The van der Waals surface area contributed by atoms with Crippen molar-refractivity contribution in [2.75, 3.05) is 13.7 Å². The van der Waals surface area contributed by atoms with Gasteiger partial charge in [-0.1, -0.05) is 32.9 Å². The molecule has 1 atom stereocenters. The van der Waals surface area contributed by atoms with Crippen molar-refractivity contribution in [2.24, 2.45) is 5.92 Å². The molecule has 0 aromatic heterocycles. The molecular formula is C14H23NO. The third kappa shape index (κ3) is 3.86. The summed E-state index contributed by atoms with van der Waals surface area (Å²) in [4.78, 5) is 0. The topological polar surface area (TPSA) is 21.3 Å². The van der Waals surface area contributed by atoms with Gasteiger partial charge in [-0.25, -0.2) is 0 Å². The minimum atomic E-state index is 0.408. The summed E-state index contributed by atoms with van der Waals surface area (Å²) in [5.74, 6) is 1.54. The second-order valence-corrected chi connectivity index (χ2v) is 4.45. The van der Waals surface area contributed by atoms with Crippen molar-refractivity contribution in [3.05, 3.63) is 29.8 Å². The Morgan fingerprint density at radius 3 is 2.25 bits per heavy atom. The number of likely N-dealkylation sites (N-methyl/N-ethyl adjacent to an activating group) is 1. The lowest BCUT2D eigenvalue weighted by molar-refractivity contribution is 0.238. The summed E-state index contributed by atoms with van der Waals surface area (Å²) in [5.41, 5.74) is 1.35. The molecular weight excluding hydrogens is 198 g/mol. The predicted octanol–water partition coefficient (Wildman–Crippen LogP) is 2.87. The van der Waals surface area contributed by atoms with Gasteiger partial charge in [0.25, 0.3) is 0 Å². The van der Waals surface area contributed by atoms with Crippen molar-refractivity contribution in [2.45, 2.75) is 33.2 Å². The Balaban J connectivity index is 2.47. The predicted molar refractivity (Wildman–Crippen MR) is 69.0 cm³/mol. The van der Waals surface area contributed by atoms with E-state index in [2.05, 4.69) is 38.2 Å². The Bertz CT molecular complexity index is 292. The first-order valence-electron chi connectivity index (χ1n) is 6.06. The van der Waals surface area contributed by atoms with E-state index in [-0.39, 0.29) is 0 Å². The van der Waals surface area contributed by atoms with E-state index in [1.807, 2.05) is 19.2 Å². The van der Waals surface area contributed by atoms with E-state index >= 15 is 0 Å². The van der Waals surface area contributed by atoms with E-state index in [1.54, 1.807) is 0 Å². The van der Waals surface area contributed by atoms with Crippen molar-refractivity contribution in [3.63, 3.8) is 0 Å². The fourth-order valence-electron chi connectivity index (χ4n) is 1.62. The molecule has 0 saturated carbocycles. The van der Waals surface area contributed by atoms with Crippen molar-refractivity contribution in [3.8, 4) is 5.75 Å². The van der Waals surface area contributed by atoms with E-state index in [0.29, 0.717) is 12.0 Å². The molecule has 0 aliphatic carbocycles. The molecule has 0 fully saturated rings. The number of benzene rings is 1. The fourth-order valence-corrected chi connectivity index (χ4v) is 1.62. The summed E-state index contributed by atoms with van der Waals surface area (Å²) in [6.07, 6.45) is 1.07. The van der Waals surface area contributed by atoms with Crippen molar-refractivity contribution < 1.29 is 4.74 Å². The highest BCUT2D eigenvalue weighted by Crippen LogP contribution is 2.13. The SMILES string of the molecule is CCc1ccc(OCC(NC)C(C)C)cc1. The van der Waals surface area contributed by atoms with Crippen LogP contribution in [0.1, 0.15) is 26.3 Å². The molecule has 0 aliphatic rings. The average molecular weight is 221 g/mol. The first kappa shape index (κ1) is 13.0. The molecule has 1 unspecified atom stereocenters. The summed E-state index contributed by atoms with van der Waals surface area (Å²) in [6, 6.07) is 8.75. The van der Waals surface area contributed by atoms with Crippen LogP contribution in [-0.2, 0) is 6.42 Å². The number of ether oxygens (including phenoxy) is 1. The normalized spacial score (nSPS) is 12.8. The van der Waals surface area contributed by atoms with Gasteiger partial charge in [-0.3, -0.25) is 0 Å². The number of hydrogen-bond acceptors (Lipinski definition) is 2. The molecule has 1 rings (SSSR count). The Kier molecular flexibility index (Phi) is 5.33. The minimum absolute atomic E-state index is 0.408. The lowest BCUT2D eigenvalue weighted by Crippen LogP contribution is -2.36. The maximum absolute atomic E-state index is 5.76. The summed E-state index contributed by atoms with van der Waals surface area (Å²) in [6.45, 7) is 7.28. The van der Waals surface area contributed by atoms with Crippen LogP contribution in [0.15, 0.2) is 24.3 Å². The van der Waals surface area contributed by atoms with Crippen molar-refractivity contribution in [1.29, 1.82) is 0 Å². The van der Waals surface area contributed by atoms with Crippen LogP contribution in [0.4, 0.5) is 0 Å². The Hall–Kier alpha value is -1.02. The van der Waals surface area contributed by atoms with Crippen molar-refractivity contribution in [1.82, 2.24) is 5.32 Å². The molecule has 0 bridgehead atoms. The first-order valence-corrected chi connectivity index (χ1v) is 6.06. The first-order chi connectivity index (χ1) is 7.67. The maximum atomic E-state index is 5.76. The number of hydrogen-bond donors (Lipinski definition) is 1. The maximum Gasteiger partial charge on any atom is 0.119 e. The molecule has 2 nitrogen and oxygen atoms in total. The molecule has 0 aliphatic heterocycles. The van der Waals surface area contributed by atoms with Gasteiger partial charge in [0.15, 0.2) is 0 Å². The summed E-state index contributed by atoms with van der Waals surface area (Å²) in [7, 11) is 1.98. The quantitative estimate of drug-likeness (QED) is 0.797. The van der Waals surface area contributed by atoms with Gasteiger partial charge in [-0.15, -0.1) is 0 Å². The fraction of sp³-hybridized carbons (Fsp3) is 0.571. The Morgan fingerprint density at radius 2 is 1.81 bits per heavy atom. The van der Waals surface area contributed by atoms with Gasteiger partial charge in [0.2, 0.25) is 0 Å². The average Bonchev–Trinajstić information content (AvgIpc) is 2.30. The lowest BCUT2D eigenvalue weighted by atomic mass is 10.1. The van der Waals surface area contributed by atoms with Gasteiger partial charge in [0.1, 0.15) is 12.4 Å². The van der Waals surface area contributed by atoms with Crippen LogP contribution < -0.4 is 10.1 Å². The molecule has 16 heavy (non-hydrogen) atoms. The minimum Gasteiger partial charge on any atom is -0.492 e. The third-order valence-corrected chi connectivity index (χ3v) is 2.94. The monoisotopic (exact) mass is 221 g/mol. The standard InChI is InChI=1S/C14H23NO/c1-5-12-6-8-13(9-7-12)16-10-14(15-4)11(2)3/h6-9,11,14-15H,5,10H2,1-4H3. The molecule has 0 heterocycles. The van der Waals surface area contributed by atoms with Gasteiger partial charge in [-0.05, 0) is 37.1 Å². The smallest absolute Gasteiger partial charge is 0.119 e. The van der Waals surface area contributed by atoms with Crippen LogP contribution in [0.2, 0.25) is 0 Å². The zero-order valence-electron chi connectivity index (χ0n) is 10.8. The van der Waals surface area contributed by atoms with Crippen molar-refractivity contribution >= 4 is 0 Å². The lowest BCUT2D eigenvalue weighted by Gasteiger charge is -2.20. The van der Waals surface area contributed by atoms with Crippen LogP contribution in [0, 0.1) is 5.92 Å². The molecule has 2 heteroatoms. The van der Waals surface area contributed by atoms with E-state index in [4.69, 9.17) is 4.74 Å². The highest BCUT2D eigenvalue weighted by atomic mass is 16.5. The van der Waals surface area contributed by atoms with Gasteiger partial charge in [0, 0.05) is 6.04 Å². The van der Waals surface area contributed by atoms with Crippen LogP contribution in [-0.4, -0.2) is 19.7 Å². The Labute approximate surface area is 99.0 Å². The van der Waals surface area contributed by atoms with Crippen LogP contribution in [0.3, 0.4) is 0 Å². The molecule has 0 spiro atoms. The second kappa shape index (κ2) is 6.54. The highest BCUT2D eigenvalue weighted by molar-refractivity contribution is 5.27. The molecule has 0 saturated heterocycles. The zero-order valence-corrected chi connectivity index (χ0v) is 10.8. The van der Waals surface area contributed by atoms with Gasteiger partial charge in [-0.2, -0.15) is 0 Å². The molecule has 1 N–H and O–H groups in total. The van der Waals surface area contributed by atoms with Crippen LogP contribution in [0.25, 0.3) is 0 Å². The summed E-state index contributed by atoms with van der Waals surface area (Å²) in [5, 5.41) is 3.27. The Morgan fingerprint density at radius 1 is 1.19 bits per heavy atom. The number of nitrogens with one attached hydrogen (secondary N) is 1. The summed E-state index contributed by atoms with van der Waals surface area (Å²) < 4.78 is 5.76. The second-order valence-electron chi connectivity index (χ2n) is 4.45. The van der Waals surface area contributed by atoms with E-state index in [9.17, 15) is 0 Å². The third-order valence-electron chi connectivity index (χ3n) is 2.94. The molecule has 0 amide bonds. The zero-order chi connectivity index (χ0) is 12.0. The highest BCUT2D eigenvalue weighted by Gasteiger charge is 2.11. The molecule has 1 aromatic carbocycles. The van der Waals surface area contributed by atoms with E-state index in [1.165, 1.54) is 5.56 Å². The molecule has 0 radical (unpaired) electrons. The number of aryl methyl sites for hydroxylation is 1. The van der Waals surface area contributed by atoms with Gasteiger partial charge >= 0.3 is 0 Å². The largest absolute Gasteiger partial charge is 0.492 e.